The number of hydrogen-bond acceptors (Lipinski definition) is 4. The maximum absolute atomic E-state index is 10.5. The molecule has 1 saturated carbocycles. The predicted octanol–water partition coefficient (Wildman–Crippen LogP) is 0.670. The summed E-state index contributed by atoms with van der Waals surface area (Å²) in [6, 6.07) is -0.00444. The molecule has 1 heterocycles. The maximum Gasteiger partial charge on any atom is 0.308 e. The summed E-state index contributed by atoms with van der Waals surface area (Å²) >= 11 is 0. The van der Waals surface area contributed by atoms with Gasteiger partial charge in [-0.15, -0.1) is 0 Å². The smallest absolute Gasteiger partial charge is 0.308 e. The molecule has 14 heavy (non-hydrogen) atoms. The van der Waals surface area contributed by atoms with Crippen LogP contribution in [0.4, 0.5) is 5.95 Å². The van der Waals surface area contributed by atoms with Gasteiger partial charge in [-0.2, -0.15) is 0 Å². The molecule has 1 aromatic heterocycles. The fourth-order valence-corrected chi connectivity index (χ4v) is 1.26. The first-order valence-corrected chi connectivity index (χ1v) is 4.45. The molecule has 1 aliphatic rings. The third-order valence-electron chi connectivity index (χ3n) is 2.20. The van der Waals surface area contributed by atoms with Crippen LogP contribution in [0.1, 0.15) is 12.0 Å². The highest BCUT2D eigenvalue weighted by molar-refractivity contribution is 5.75. The summed E-state index contributed by atoms with van der Waals surface area (Å²) in [6.07, 6.45) is 4.06. The highest BCUT2D eigenvalue weighted by Crippen LogP contribution is 2.32. The first-order chi connectivity index (χ1) is 6.66. The Balaban J connectivity index is 1.94. The lowest BCUT2D eigenvalue weighted by Gasteiger charge is -2.01. The van der Waals surface area contributed by atoms with Crippen LogP contribution < -0.4 is 5.32 Å². The van der Waals surface area contributed by atoms with E-state index in [4.69, 9.17) is 5.11 Å². The zero-order chi connectivity index (χ0) is 10.1. The van der Waals surface area contributed by atoms with E-state index >= 15 is 0 Å². The molecule has 5 heteroatoms. The SMILES string of the molecule is Cc1cnc(NC2CC2C(=O)O)nc1. The molecule has 2 rings (SSSR count). The third-order valence-corrected chi connectivity index (χ3v) is 2.20. The second-order valence-corrected chi connectivity index (χ2v) is 3.52. The minimum Gasteiger partial charge on any atom is -0.481 e. The predicted molar refractivity (Wildman–Crippen MR) is 49.9 cm³/mol. The summed E-state index contributed by atoms with van der Waals surface area (Å²) < 4.78 is 0. The Morgan fingerprint density at radius 1 is 1.57 bits per heavy atom. The monoisotopic (exact) mass is 193 g/mol. The number of hydrogen-bond donors (Lipinski definition) is 2. The summed E-state index contributed by atoms with van der Waals surface area (Å²) in [7, 11) is 0. The van der Waals surface area contributed by atoms with Gasteiger partial charge in [-0.05, 0) is 18.9 Å². The van der Waals surface area contributed by atoms with E-state index in [2.05, 4.69) is 15.3 Å². The van der Waals surface area contributed by atoms with Crippen LogP contribution in [0.2, 0.25) is 0 Å². The van der Waals surface area contributed by atoms with Crippen molar-refractivity contribution in [3.8, 4) is 0 Å². The van der Waals surface area contributed by atoms with Crippen LogP contribution in [0.3, 0.4) is 0 Å². The van der Waals surface area contributed by atoms with Crippen LogP contribution in [-0.2, 0) is 4.79 Å². The van der Waals surface area contributed by atoms with Crippen molar-refractivity contribution in [1.29, 1.82) is 0 Å². The standard InChI is InChI=1S/C9H11N3O2/c1-5-3-10-9(11-4-5)12-7-2-6(7)8(13)14/h3-4,6-7H,2H2,1H3,(H,13,14)(H,10,11,12). The third kappa shape index (κ3) is 1.81. The van der Waals surface area contributed by atoms with Crippen LogP contribution in [0, 0.1) is 12.8 Å². The van der Waals surface area contributed by atoms with Gasteiger partial charge in [0.25, 0.3) is 0 Å². The van der Waals surface area contributed by atoms with Gasteiger partial charge >= 0.3 is 5.97 Å². The zero-order valence-corrected chi connectivity index (χ0v) is 7.77. The summed E-state index contributed by atoms with van der Waals surface area (Å²) in [4.78, 5) is 18.6. The summed E-state index contributed by atoms with van der Waals surface area (Å²) in [5.41, 5.74) is 0.987. The van der Waals surface area contributed by atoms with Gasteiger partial charge in [0, 0.05) is 18.4 Å². The van der Waals surface area contributed by atoms with Crippen LogP contribution in [0.5, 0.6) is 0 Å². The van der Waals surface area contributed by atoms with Gasteiger partial charge in [-0.25, -0.2) is 9.97 Å². The van der Waals surface area contributed by atoms with E-state index in [9.17, 15) is 4.79 Å². The molecule has 2 atom stereocenters. The van der Waals surface area contributed by atoms with Crippen molar-refractivity contribution >= 4 is 11.9 Å². The number of aryl methyl sites for hydroxylation is 1. The summed E-state index contributed by atoms with van der Waals surface area (Å²) in [5, 5.41) is 11.6. The lowest BCUT2D eigenvalue weighted by Crippen LogP contribution is -2.12. The second-order valence-electron chi connectivity index (χ2n) is 3.52. The number of carboxylic acids is 1. The molecule has 0 saturated heterocycles. The fourth-order valence-electron chi connectivity index (χ4n) is 1.26. The van der Waals surface area contributed by atoms with Crippen molar-refractivity contribution in [2.24, 2.45) is 5.92 Å². The minimum absolute atomic E-state index is 0.00444. The van der Waals surface area contributed by atoms with Crippen LogP contribution in [0.15, 0.2) is 12.4 Å². The molecule has 1 fully saturated rings. The number of carbonyl (C=O) groups is 1. The Bertz CT molecular complexity index is 350. The van der Waals surface area contributed by atoms with Crippen molar-refractivity contribution in [2.75, 3.05) is 5.32 Å². The van der Waals surface area contributed by atoms with Crippen LogP contribution >= 0.6 is 0 Å². The normalized spacial score (nSPS) is 24.4. The van der Waals surface area contributed by atoms with E-state index in [-0.39, 0.29) is 12.0 Å². The molecule has 2 N–H and O–H groups in total. The Labute approximate surface area is 81.2 Å². The largest absolute Gasteiger partial charge is 0.481 e. The average Bonchev–Trinajstić information content (AvgIpc) is 2.88. The average molecular weight is 193 g/mol. The van der Waals surface area contributed by atoms with Crippen molar-refractivity contribution in [1.82, 2.24) is 9.97 Å². The Kier molecular flexibility index (Phi) is 2.07. The Morgan fingerprint density at radius 3 is 2.71 bits per heavy atom. The molecule has 1 aromatic rings. The molecule has 0 radical (unpaired) electrons. The Hall–Kier alpha value is -1.65. The van der Waals surface area contributed by atoms with E-state index in [1.165, 1.54) is 0 Å². The summed E-state index contributed by atoms with van der Waals surface area (Å²) in [5.74, 6) is -0.529. The quantitative estimate of drug-likeness (QED) is 0.738. The number of nitrogens with zero attached hydrogens (tertiary/aromatic N) is 2. The summed E-state index contributed by atoms with van der Waals surface area (Å²) in [6.45, 7) is 1.90. The van der Waals surface area contributed by atoms with Gasteiger partial charge in [0.2, 0.25) is 5.95 Å². The number of rotatable bonds is 3. The van der Waals surface area contributed by atoms with E-state index < -0.39 is 5.97 Å². The van der Waals surface area contributed by atoms with Crippen molar-refractivity contribution in [3.05, 3.63) is 18.0 Å². The molecule has 0 spiro atoms. The number of nitrogens with one attached hydrogen (secondary N) is 1. The molecule has 2 unspecified atom stereocenters. The molecule has 0 bridgehead atoms. The van der Waals surface area contributed by atoms with Crippen molar-refractivity contribution in [2.45, 2.75) is 19.4 Å². The lowest BCUT2D eigenvalue weighted by molar-refractivity contribution is -0.138. The van der Waals surface area contributed by atoms with Crippen LogP contribution in [-0.4, -0.2) is 27.1 Å². The van der Waals surface area contributed by atoms with Gasteiger partial charge in [-0.3, -0.25) is 4.79 Å². The van der Waals surface area contributed by atoms with Crippen molar-refractivity contribution < 1.29 is 9.90 Å². The molecule has 1 aliphatic carbocycles. The lowest BCUT2D eigenvalue weighted by atomic mass is 10.4. The van der Waals surface area contributed by atoms with Crippen LogP contribution in [0.25, 0.3) is 0 Å². The number of carboxylic acid groups (broad SMARTS) is 1. The molecule has 0 aliphatic heterocycles. The second kappa shape index (κ2) is 3.25. The molecule has 74 valence electrons. The molecular formula is C9H11N3O2. The van der Waals surface area contributed by atoms with Gasteiger partial charge in [-0.1, -0.05) is 0 Å². The van der Waals surface area contributed by atoms with Gasteiger partial charge in [0.05, 0.1) is 5.92 Å². The fraction of sp³-hybridized carbons (Fsp3) is 0.444. The first-order valence-electron chi connectivity index (χ1n) is 4.45. The maximum atomic E-state index is 10.5. The topological polar surface area (TPSA) is 75.1 Å². The number of aliphatic carboxylic acids is 1. The molecule has 0 aromatic carbocycles. The minimum atomic E-state index is -0.755. The Morgan fingerprint density at radius 2 is 2.21 bits per heavy atom. The highest BCUT2D eigenvalue weighted by atomic mass is 16.4. The van der Waals surface area contributed by atoms with E-state index in [0.717, 1.165) is 5.56 Å². The van der Waals surface area contributed by atoms with E-state index in [1.807, 2.05) is 6.92 Å². The highest BCUT2D eigenvalue weighted by Gasteiger charge is 2.43. The molecule has 0 amide bonds. The van der Waals surface area contributed by atoms with Gasteiger partial charge in [0.1, 0.15) is 0 Å². The van der Waals surface area contributed by atoms with E-state index in [0.29, 0.717) is 12.4 Å². The number of anilines is 1. The first kappa shape index (κ1) is 8.93. The van der Waals surface area contributed by atoms with Gasteiger partial charge < -0.3 is 10.4 Å². The van der Waals surface area contributed by atoms with Gasteiger partial charge in [0.15, 0.2) is 0 Å². The van der Waals surface area contributed by atoms with E-state index in [1.54, 1.807) is 12.4 Å². The molecular weight excluding hydrogens is 182 g/mol. The molecule has 5 nitrogen and oxygen atoms in total. The van der Waals surface area contributed by atoms with Crippen molar-refractivity contribution in [3.63, 3.8) is 0 Å². The number of aromatic nitrogens is 2. The zero-order valence-electron chi connectivity index (χ0n) is 7.77.